The lowest BCUT2D eigenvalue weighted by atomic mass is 10.1. The summed E-state index contributed by atoms with van der Waals surface area (Å²) in [6.45, 7) is 4.84. The number of nitrogens with one attached hydrogen (secondary N) is 1. The number of nitrogens with zero attached hydrogens (tertiary/aromatic N) is 1. The number of carbonyl (C=O) groups is 1. The maximum Gasteiger partial charge on any atom is 0.303 e. The number of aryl methyl sites for hydroxylation is 1. The van der Waals surface area contributed by atoms with E-state index in [4.69, 9.17) is 5.11 Å². The van der Waals surface area contributed by atoms with Gasteiger partial charge in [-0.3, -0.25) is 4.79 Å². The molecule has 1 aliphatic heterocycles. The number of piperazine rings is 1. The van der Waals surface area contributed by atoms with Crippen molar-refractivity contribution in [3.8, 4) is 0 Å². The summed E-state index contributed by atoms with van der Waals surface area (Å²) in [5, 5.41) is 12.1. The molecule has 2 N–H and O–H groups in total. The van der Waals surface area contributed by atoms with E-state index >= 15 is 0 Å². The molecule has 18 heavy (non-hydrogen) atoms. The quantitative estimate of drug-likeness (QED) is 0.850. The maximum absolute atomic E-state index is 10.7. The molecule has 4 heteroatoms. The van der Waals surface area contributed by atoms with E-state index in [2.05, 4.69) is 41.4 Å². The van der Waals surface area contributed by atoms with Crippen molar-refractivity contribution in [1.82, 2.24) is 5.32 Å². The Labute approximate surface area is 108 Å². The lowest BCUT2D eigenvalue weighted by molar-refractivity contribution is -0.137. The topological polar surface area (TPSA) is 52.6 Å². The molecule has 0 aromatic heterocycles. The van der Waals surface area contributed by atoms with Crippen LogP contribution in [-0.2, 0) is 4.79 Å². The fraction of sp³-hybridized carbons (Fsp3) is 0.500. The highest BCUT2D eigenvalue weighted by atomic mass is 16.4. The van der Waals surface area contributed by atoms with Gasteiger partial charge in [-0.2, -0.15) is 0 Å². The lowest BCUT2D eigenvalue weighted by Crippen LogP contribution is -2.51. The zero-order chi connectivity index (χ0) is 13.0. The first-order valence-electron chi connectivity index (χ1n) is 6.42. The van der Waals surface area contributed by atoms with Gasteiger partial charge < -0.3 is 15.3 Å². The van der Waals surface area contributed by atoms with Gasteiger partial charge in [0.15, 0.2) is 0 Å². The van der Waals surface area contributed by atoms with Crippen LogP contribution in [-0.4, -0.2) is 36.8 Å². The van der Waals surface area contributed by atoms with Crippen LogP contribution in [0.25, 0.3) is 0 Å². The van der Waals surface area contributed by atoms with Crippen molar-refractivity contribution in [3.05, 3.63) is 29.8 Å². The zero-order valence-electron chi connectivity index (χ0n) is 10.7. The lowest BCUT2D eigenvalue weighted by Gasteiger charge is -2.38. The van der Waals surface area contributed by atoms with Crippen LogP contribution < -0.4 is 10.2 Å². The van der Waals surface area contributed by atoms with E-state index in [1.165, 1.54) is 11.3 Å². The van der Waals surface area contributed by atoms with Gasteiger partial charge >= 0.3 is 5.97 Å². The van der Waals surface area contributed by atoms with E-state index < -0.39 is 5.97 Å². The van der Waals surface area contributed by atoms with Crippen LogP contribution >= 0.6 is 0 Å². The zero-order valence-corrected chi connectivity index (χ0v) is 10.7. The molecular formula is C14H20N2O2. The van der Waals surface area contributed by atoms with Gasteiger partial charge in [-0.15, -0.1) is 0 Å². The molecule has 2 rings (SSSR count). The Balaban J connectivity index is 2.09. The van der Waals surface area contributed by atoms with E-state index in [1.807, 2.05) is 0 Å². The predicted molar refractivity (Wildman–Crippen MR) is 72.1 cm³/mol. The molecule has 0 amide bonds. The van der Waals surface area contributed by atoms with E-state index in [0.717, 1.165) is 19.6 Å². The number of benzene rings is 1. The van der Waals surface area contributed by atoms with Gasteiger partial charge in [0, 0.05) is 37.8 Å². The summed E-state index contributed by atoms with van der Waals surface area (Å²) in [5.74, 6) is -0.718. The highest BCUT2D eigenvalue weighted by molar-refractivity contribution is 5.66. The summed E-state index contributed by atoms with van der Waals surface area (Å²) in [5.41, 5.74) is 2.44. The summed E-state index contributed by atoms with van der Waals surface area (Å²) in [6, 6.07) is 8.68. The Morgan fingerprint density at radius 2 is 2.39 bits per heavy atom. The monoisotopic (exact) mass is 248 g/mol. The van der Waals surface area contributed by atoms with Crippen LogP contribution in [0, 0.1) is 6.92 Å². The molecule has 1 fully saturated rings. The van der Waals surface area contributed by atoms with E-state index in [9.17, 15) is 4.79 Å². The van der Waals surface area contributed by atoms with Gasteiger partial charge in [-0.1, -0.05) is 12.1 Å². The third kappa shape index (κ3) is 3.23. The van der Waals surface area contributed by atoms with Gasteiger partial charge in [0.2, 0.25) is 0 Å². The number of hydrogen-bond acceptors (Lipinski definition) is 3. The molecule has 0 bridgehead atoms. The highest BCUT2D eigenvalue weighted by Gasteiger charge is 2.22. The molecule has 0 spiro atoms. The predicted octanol–water partition coefficient (Wildman–Crippen LogP) is 1.64. The fourth-order valence-corrected chi connectivity index (χ4v) is 2.46. The van der Waals surface area contributed by atoms with Crippen LogP contribution in [0.2, 0.25) is 0 Å². The molecule has 98 valence electrons. The molecule has 1 aliphatic rings. The summed E-state index contributed by atoms with van der Waals surface area (Å²) in [6.07, 6.45) is 0.922. The van der Waals surface area contributed by atoms with Crippen LogP contribution in [0.1, 0.15) is 18.4 Å². The molecule has 0 aliphatic carbocycles. The fourth-order valence-electron chi connectivity index (χ4n) is 2.46. The number of carboxylic acid groups (broad SMARTS) is 1. The second-order valence-electron chi connectivity index (χ2n) is 4.82. The van der Waals surface area contributed by atoms with Crippen molar-refractivity contribution in [1.29, 1.82) is 0 Å². The minimum Gasteiger partial charge on any atom is -0.481 e. The smallest absolute Gasteiger partial charge is 0.303 e. The van der Waals surface area contributed by atoms with Gasteiger partial charge in [-0.05, 0) is 31.0 Å². The Kier molecular flexibility index (Phi) is 4.20. The molecule has 1 aromatic rings. The van der Waals surface area contributed by atoms with E-state index in [0.29, 0.717) is 6.42 Å². The molecule has 1 unspecified atom stereocenters. The second kappa shape index (κ2) is 5.87. The van der Waals surface area contributed by atoms with Crippen LogP contribution in [0.5, 0.6) is 0 Å². The number of aliphatic carboxylic acids is 1. The summed E-state index contributed by atoms with van der Waals surface area (Å²) >= 11 is 0. The normalized spacial score (nSPS) is 19.8. The molecule has 0 saturated carbocycles. The third-order valence-corrected chi connectivity index (χ3v) is 3.37. The van der Waals surface area contributed by atoms with Gasteiger partial charge in [-0.25, -0.2) is 0 Å². The summed E-state index contributed by atoms with van der Waals surface area (Å²) in [7, 11) is 0. The van der Waals surface area contributed by atoms with Gasteiger partial charge in [0.1, 0.15) is 0 Å². The van der Waals surface area contributed by atoms with Gasteiger partial charge in [0.25, 0.3) is 0 Å². The van der Waals surface area contributed by atoms with Crippen LogP contribution in [0.4, 0.5) is 5.69 Å². The first kappa shape index (κ1) is 12.9. The van der Waals surface area contributed by atoms with Gasteiger partial charge in [0.05, 0.1) is 0 Å². The second-order valence-corrected chi connectivity index (χ2v) is 4.82. The van der Waals surface area contributed by atoms with E-state index in [-0.39, 0.29) is 12.5 Å². The summed E-state index contributed by atoms with van der Waals surface area (Å²) in [4.78, 5) is 13.0. The Hall–Kier alpha value is -1.55. The number of anilines is 1. The summed E-state index contributed by atoms with van der Waals surface area (Å²) < 4.78 is 0. The Morgan fingerprint density at radius 3 is 3.11 bits per heavy atom. The average Bonchev–Trinajstić information content (AvgIpc) is 2.36. The van der Waals surface area contributed by atoms with Crippen molar-refractivity contribution in [2.45, 2.75) is 25.8 Å². The number of rotatable bonds is 4. The molecular weight excluding hydrogens is 228 g/mol. The minimum atomic E-state index is -0.718. The van der Waals surface area contributed by atoms with Crippen molar-refractivity contribution in [3.63, 3.8) is 0 Å². The molecule has 1 atom stereocenters. The largest absolute Gasteiger partial charge is 0.481 e. The first-order chi connectivity index (χ1) is 8.66. The maximum atomic E-state index is 10.7. The van der Waals surface area contributed by atoms with Crippen LogP contribution in [0.3, 0.4) is 0 Å². The van der Waals surface area contributed by atoms with E-state index in [1.54, 1.807) is 0 Å². The molecule has 0 radical (unpaired) electrons. The average molecular weight is 248 g/mol. The Morgan fingerprint density at radius 1 is 1.56 bits per heavy atom. The standard InChI is InChI=1S/C14H20N2O2/c1-11-3-2-4-12(9-11)16-8-7-15-10-13(16)5-6-14(17)18/h2-4,9,13,15H,5-8,10H2,1H3,(H,17,18). The van der Waals surface area contributed by atoms with Crippen molar-refractivity contribution in [2.24, 2.45) is 0 Å². The molecule has 1 saturated heterocycles. The van der Waals surface area contributed by atoms with Crippen molar-refractivity contribution in [2.75, 3.05) is 24.5 Å². The molecule has 1 heterocycles. The first-order valence-corrected chi connectivity index (χ1v) is 6.42. The number of hydrogen-bond donors (Lipinski definition) is 2. The van der Waals surface area contributed by atoms with Crippen molar-refractivity contribution >= 4 is 11.7 Å². The Bertz CT molecular complexity index is 420. The SMILES string of the molecule is Cc1cccc(N2CCNCC2CCC(=O)O)c1. The molecule has 4 nitrogen and oxygen atoms in total. The third-order valence-electron chi connectivity index (χ3n) is 3.37. The highest BCUT2D eigenvalue weighted by Crippen LogP contribution is 2.21. The van der Waals surface area contributed by atoms with Crippen molar-refractivity contribution < 1.29 is 9.90 Å². The minimum absolute atomic E-state index is 0.231. The van der Waals surface area contributed by atoms with Crippen LogP contribution in [0.15, 0.2) is 24.3 Å². The number of carboxylic acids is 1. The molecule has 1 aromatic carbocycles.